The van der Waals surface area contributed by atoms with Crippen LogP contribution in [0, 0.1) is 0 Å². The topological polar surface area (TPSA) is 74.6 Å². The predicted molar refractivity (Wildman–Crippen MR) is 23.9 cm³/mol. The third-order valence-corrected chi connectivity index (χ3v) is 0.582. The number of Topliss-reactive ketones (excluding diaryl/α,β-unsaturated/α-hetero) is 2. The average Bonchev–Trinajstić information content (AvgIpc) is 1.64. The van der Waals surface area contributed by atoms with Crippen molar-refractivity contribution >= 4 is 11.6 Å². The number of rotatable bonds is 2. The van der Waals surface area contributed by atoms with Gasteiger partial charge in [-0.2, -0.15) is 0 Å². The number of carbonyl (C=O) groups excluding carboxylic acids is 2. The van der Waals surface area contributed by atoms with Crippen molar-refractivity contribution in [3.63, 3.8) is 0 Å². The molecule has 0 aromatic carbocycles. The molecule has 0 saturated heterocycles. The van der Waals surface area contributed by atoms with Crippen LogP contribution in [0.25, 0.3) is 0 Å². The lowest BCUT2D eigenvalue weighted by Gasteiger charge is -1.94. The van der Waals surface area contributed by atoms with E-state index in [1.807, 2.05) is 0 Å². The first-order valence-corrected chi connectivity index (χ1v) is 1.96. The van der Waals surface area contributed by atoms with Crippen LogP contribution in [0.4, 0.5) is 0 Å². The van der Waals surface area contributed by atoms with Crippen LogP contribution in [0.2, 0.25) is 0 Å². The molecule has 0 aliphatic heterocycles. The van der Waals surface area contributed by atoms with Crippen molar-refractivity contribution in [2.45, 2.75) is 13.2 Å². The first kappa shape index (κ1) is 7.26. The molecule has 0 fully saturated rings. The molecule has 8 heavy (non-hydrogen) atoms. The highest BCUT2D eigenvalue weighted by Crippen LogP contribution is 1.79. The minimum atomic E-state index is -2.15. The van der Waals surface area contributed by atoms with E-state index >= 15 is 0 Å². The Bertz CT molecular complexity index is 115. The highest BCUT2D eigenvalue weighted by atomic mass is 16.5. The van der Waals surface area contributed by atoms with E-state index < -0.39 is 17.9 Å². The molecule has 0 atom stereocenters. The average molecular weight is 118 g/mol. The van der Waals surface area contributed by atoms with E-state index in [0.717, 1.165) is 6.92 Å². The zero-order valence-electron chi connectivity index (χ0n) is 4.29. The molecule has 0 aromatic heterocycles. The van der Waals surface area contributed by atoms with Gasteiger partial charge < -0.3 is 10.2 Å². The van der Waals surface area contributed by atoms with E-state index in [0.29, 0.717) is 0 Å². The summed E-state index contributed by atoms with van der Waals surface area (Å²) < 4.78 is 0. The molecular weight excluding hydrogens is 112 g/mol. The molecule has 0 saturated carbocycles. The molecule has 0 aliphatic rings. The first-order valence-electron chi connectivity index (χ1n) is 1.96. The lowest BCUT2D eigenvalue weighted by atomic mass is 10.3. The summed E-state index contributed by atoms with van der Waals surface area (Å²) in [5.41, 5.74) is 0. The lowest BCUT2D eigenvalue weighted by Crippen LogP contribution is -2.25. The third-order valence-electron chi connectivity index (χ3n) is 0.582. The summed E-state index contributed by atoms with van der Waals surface area (Å²) >= 11 is 0. The van der Waals surface area contributed by atoms with Gasteiger partial charge in [0.05, 0.1) is 0 Å². The second-order valence-electron chi connectivity index (χ2n) is 1.29. The Morgan fingerprint density at radius 1 is 1.38 bits per heavy atom. The molecule has 0 unspecified atom stereocenters. The minimum absolute atomic E-state index is 0.847. The monoisotopic (exact) mass is 118 g/mol. The van der Waals surface area contributed by atoms with Crippen molar-refractivity contribution in [2.24, 2.45) is 0 Å². The number of aliphatic hydroxyl groups is 2. The van der Waals surface area contributed by atoms with Crippen LogP contribution in [0.1, 0.15) is 6.92 Å². The SMILES string of the molecule is CC(=O)C(=O)C(O)O. The number of ketones is 2. The summed E-state index contributed by atoms with van der Waals surface area (Å²) in [4.78, 5) is 19.9. The van der Waals surface area contributed by atoms with Gasteiger partial charge in [0.2, 0.25) is 12.1 Å². The van der Waals surface area contributed by atoms with Gasteiger partial charge in [0.1, 0.15) is 0 Å². The molecule has 4 nitrogen and oxygen atoms in total. The van der Waals surface area contributed by atoms with Gasteiger partial charge in [0.25, 0.3) is 5.78 Å². The van der Waals surface area contributed by atoms with E-state index in [1.54, 1.807) is 0 Å². The summed E-state index contributed by atoms with van der Waals surface area (Å²) in [5.74, 6) is -2.02. The van der Waals surface area contributed by atoms with Crippen LogP contribution < -0.4 is 0 Å². The van der Waals surface area contributed by atoms with Crippen molar-refractivity contribution in [3.8, 4) is 0 Å². The van der Waals surface area contributed by atoms with E-state index in [4.69, 9.17) is 10.2 Å². The molecule has 2 N–H and O–H groups in total. The molecular formula is C4H6O4. The Labute approximate surface area is 45.7 Å². The van der Waals surface area contributed by atoms with Crippen molar-refractivity contribution < 1.29 is 19.8 Å². The van der Waals surface area contributed by atoms with Gasteiger partial charge in [-0.05, 0) is 0 Å². The fourth-order valence-electron chi connectivity index (χ4n) is 0.182. The van der Waals surface area contributed by atoms with Crippen LogP contribution in [0.3, 0.4) is 0 Å². The molecule has 0 aromatic rings. The van der Waals surface area contributed by atoms with Crippen molar-refractivity contribution in [3.05, 3.63) is 0 Å². The highest BCUT2D eigenvalue weighted by Gasteiger charge is 2.14. The maximum absolute atomic E-state index is 9.99. The zero-order valence-corrected chi connectivity index (χ0v) is 4.29. The summed E-state index contributed by atoms with van der Waals surface area (Å²) in [6, 6.07) is 0. The van der Waals surface area contributed by atoms with E-state index in [1.165, 1.54) is 0 Å². The molecule has 4 heteroatoms. The second-order valence-corrected chi connectivity index (χ2v) is 1.29. The van der Waals surface area contributed by atoms with Crippen molar-refractivity contribution in [1.82, 2.24) is 0 Å². The fourth-order valence-corrected chi connectivity index (χ4v) is 0.182. The minimum Gasteiger partial charge on any atom is -0.362 e. The quantitative estimate of drug-likeness (QED) is 0.340. The Morgan fingerprint density at radius 3 is 1.75 bits per heavy atom. The van der Waals surface area contributed by atoms with Crippen LogP contribution >= 0.6 is 0 Å². The number of carbonyl (C=O) groups is 2. The Balaban J connectivity index is 3.84. The first-order chi connectivity index (χ1) is 3.55. The smallest absolute Gasteiger partial charge is 0.253 e. The number of aliphatic hydroxyl groups excluding tert-OH is 1. The van der Waals surface area contributed by atoms with Crippen molar-refractivity contribution in [1.29, 1.82) is 0 Å². The molecule has 0 rings (SSSR count). The van der Waals surface area contributed by atoms with Gasteiger partial charge in [0, 0.05) is 6.92 Å². The Morgan fingerprint density at radius 2 is 1.75 bits per heavy atom. The molecule has 0 amide bonds. The molecule has 0 radical (unpaired) electrons. The van der Waals surface area contributed by atoms with E-state index in [2.05, 4.69) is 0 Å². The third kappa shape index (κ3) is 1.81. The fraction of sp³-hybridized carbons (Fsp3) is 0.500. The predicted octanol–water partition coefficient (Wildman–Crippen LogP) is -1.54. The standard InChI is InChI=1S/C4H6O4/c1-2(5)3(6)4(7)8/h4,7-8H,1H3. The van der Waals surface area contributed by atoms with Crippen LogP contribution in [-0.2, 0) is 9.59 Å². The molecule has 0 aliphatic carbocycles. The van der Waals surface area contributed by atoms with Crippen LogP contribution in [0.15, 0.2) is 0 Å². The lowest BCUT2D eigenvalue weighted by molar-refractivity contribution is -0.152. The van der Waals surface area contributed by atoms with E-state index in [-0.39, 0.29) is 0 Å². The summed E-state index contributed by atoms with van der Waals surface area (Å²) in [7, 11) is 0. The summed E-state index contributed by atoms with van der Waals surface area (Å²) in [6.45, 7) is 0.974. The molecule has 0 spiro atoms. The second kappa shape index (κ2) is 2.54. The van der Waals surface area contributed by atoms with Gasteiger partial charge >= 0.3 is 0 Å². The number of hydrogen-bond donors (Lipinski definition) is 2. The van der Waals surface area contributed by atoms with Crippen LogP contribution in [0.5, 0.6) is 0 Å². The van der Waals surface area contributed by atoms with Gasteiger partial charge in [-0.1, -0.05) is 0 Å². The Hall–Kier alpha value is -0.740. The van der Waals surface area contributed by atoms with E-state index in [9.17, 15) is 9.59 Å². The van der Waals surface area contributed by atoms with Crippen LogP contribution in [-0.4, -0.2) is 28.1 Å². The van der Waals surface area contributed by atoms with Gasteiger partial charge in [-0.3, -0.25) is 9.59 Å². The maximum Gasteiger partial charge on any atom is 0.253 e. The van der Waals surface area contributed by atoms with Gasteiger partial charge in [-0.25, -0.2) is 0 Å². The molecule has 0 bridgehead atoms. The number of hydrogen-bond acceptors (Lipinski definition) is 4. The Kier molecular flexibility index (Phi) is 2.30. The van der Waals surface area contributed by atoms with Crippen molar-refractivity contribution in [2.75, 3.05) is 0 Å². The van der Waals surface area contributed by atoms with Gasteiger partial charge in [0.15, 0.2) is 0 Å². The normalized spacial score (nSPS) is 9.50. The molecule has 46 valence electrons. The summed E-state index contributed by atoms with van der Waals surface area (Å²) in [5, 5.41) is 16.0. The largest absolute Gasteiger partial charge is 0.362 e. The summed E-state index contributed by atoms with van der Waals surface area (Å²) in [6.07, 6.45) is -2.15. The molecule has 0 heterocycles. The highest BCUT2D eigenvalue weighted by molar-refractivity contribution is 6.37. The zero-order chi connectivity index (χ0) is 6.73. The maximum atomic E-state index is 9.99. The van der Waals surface area contributed by atoms with Gasteiger partial charge in [-0.15, -0.1) is 0 Å².